The van der Waals surface area contributed by atoms with Gasteiger partial charge in [0.15, 0.2) is 0 Å². The van der Waals surface area contributed by atoms with E-state index in [1.807, 2.05) is 54.6 Å². The van der Waals surface area contributed by atoms with Crippen LogP contribution in [-0.2, 0) is 4.74 Å². The summed E-state index contributed by atoms with van der Waals surface area (Å²) in [5.41, 5.74) is 2.82. The van der Waals surface area contributed by atoms with Crippen LogP contribution in [0.15, 0.2) is 54.6 Å². The maximum absolute atomic E-state index is 11.5. The number of anilines is 1. The zero-order chi connectivity index (χ0) is 13.0. The molecule has 0 unspecified atom stereocenters. The second-order valence-electron chi connectivity index (χ2n) is 3.85. The van der Waals surface area contributed by atoms with E-state index in [0.717, 1.165) is 16.8 Å². The summed E-state index contributed by atoms with van der Waals surface area (Å²) in [5, 5.41) is 0. The van der Waals surface area contributed by atoms with Gasteiger partial charge in [0.1, 0.15) is 7.11 Å². The molecule has 3 nitrogen and oxygen atoms in total. The fourth-order valence-electron chi connectivity index (χ4n) is 1.82. The third-order valence-corrected chi connectivity index (χ3v) is 2.75. The molecule has 2 aromatic carbocycles. The second kappa shape index (κ2) is 5.36. The summed E-state index contributed by atoms with van der Waals surface area (Å²) in [6, 6.07) is 17.6. The molecule has 0 spiro atoms. The number of para-hydroxylation sites is 1. The fraction of sp³-hybridized carbons (Fsp3) is 0.0667. The van der Waals surface area contributed by atoms with E-state index >= 15 is 0 Å². The molecule has 18 heavy (non-hydrogen) atoms. The first-order valence-electron chi connectivity index (χ1n) is 5.58. The molecule has 0 aromatic heterocycles. The SMILES string of the molecule is [CH2]OC(=O)N(C)c1ccccc1-c1ccccc1. The average molecular weight is 240 g/mol. The smallest absolute Gasteiger partial charge is 0.414 e. The Balaban J connectivity index is 2.47. The lowest BCUT2D eigenvalue weighted by atomic mass is 10.0. The van der Waals surface area contributed by atoms with Crippen molar-refractivity contribution in [1.82, 2.24) is 0 Å². The Hall–Kier alpha value is -2.29. The minimum absolute atomic E-state index is 0.488. The first-order chi connectivity index (χ1) is 8.74. The van der Waals surface area contributed by atoms with E-state index in [-0.39, 0.29) is 0 Å². The van der Waals surface area contributed by atoms with Crippen LogP contribution in [0.2, 0.25) is 0 Å². The second-order valence-corrected chi connectivity index (χ2v) is 3.85. The molecule has 0 saturated carbocycles. The number of rotatable bonds is 2. The molecule has 0 fully saturated rings. The van der Waals surface area contributed by atoms with Crippen molar-refractivity contribution >= 4 is 11.8 Å². The minimum Gasteiger partial charge on any atom is -0.446 e. The van der Waals surface area contributed by atoms with Crippen LogP contribution in [-0.4, -0.2) is 13.1 Å². The largest absolute Gasteiger partial charge is 0.446 e. The van der Waals surface area contributed by atoms with Gasteiger partial charge in [-0.1, -0.05) is 48.5 Å². The van der Waals surface area contributed by atoms with Gasteiger partial charge < -0.3 is 4.74 Å². The van der Waals surface area contributed by atoms with Crippen LogP contribution in [0, 0.1) is 7.11 Å². The highest BCUT2D eigenvalue weighted by Crippen LogP contribution is 2.30. The number of amides is 1. The number of carbonyl (C=O) groups excluding carboxylic acids is 1. The maximum atomic E-state index is 11.5. The molecule has 0 bridgehead atoms. The van der Waals surface area contributed by atoms with E-state index in [4.69, 9.17) is 0 Å². The predicted molar refractivity (Wildman–Crippen MR) is 72.1 cm³/mol. The molecule has 0 N–H and O–H groups in total. The Labute approximate surface area is 107 Å². The van der Waals surface area contributed by atoms with Gasteiger partial charge in [-0.2, -0.15) is 0 Å². The van der Waals surface area contributed by atoms with Crippen molar-refractivity contribution in [1.29, 1.82) is 0 Å². The van der Waals surface area contributed by atoms with Crippen LogP contribution in [0.3, 0.4) is 0 Å². The maximum Gasteiger partial charge on any atom is 0.414 e. The van der Waals surface area contributed by atoms with Crippen molar-refractivity contribution in [2.75, 3.05) is 11.9 Å². The Morgan fingerprint density at radius 2 is 1.67 bits per heavy atom. The van der Waals surface area contributed by atoms with Crippen molar-refractivity contribution in [3.63, 3.8) is 0 Å². The highest BCUT2D eigenvalue weighted by molar-refractivity contribution is 5.93. The fourth-order valence-corrected chi connectivity index (χ4v) is 1.82. The summed E-state index contributed by atoms with van der Waals surface area (Å²) in [7, 11) is 4.81. The van der Waals surface area contributed by atoms with Crippen LogP contribution in [0.25, 0.3) is 11.1 Å². The predicted octanol–water partition coefficient (Wildman–Crippen LogP) is 3.72. The molecular formula is C15H14NO2. The van der Waals surface area contributed by atoms with E-state index < -0.39 is 6.09 Å². The van der Waals surface area contributed by atoms with Gasteiger partial charge in [0.25, 0.3) is 0 Å². The van der Waals surface area contributed by atoms with E-state index in [9.17, 15) is 4.79 Å². The van der Waals surface area contributed by atoms with Gasteiger partial charge in [-0.15, -0.1) is 0 Å². The summed E-state index contributed by atoms with van der Waals surface area (Å²) in [4.78, 5) is 13.0. The first kappa shape index (κ1) is 12.2. The number of benzene rings is 2. The molecule has 0 aliphatic carbocycles. The topological polar surface area (TPSA) is 29.5 Å². The lowest BCUT2D eigenvalue weighted by molar-refractivity contribution is 0.192. The van der Waals surface area contributed by atoms with Gasteiger partial charge in [0.05, 0.1) is 5.69 Å². The van der Waals surface area contributed by atoms with Gasteiger partial charge in [-0.25, -0.2) is 4.79 Å². The van der Waals surface area contributed by atoms with Crippen LogP contribution in [0.4, 0.5) is 10.5 Å². The quantitative estimate of drug-likeness (QED) is 0.800. The first-order valence-corrected chi connectivity index (χ1v) is 5.58. The van der Waals surface area contributed by atoms with E-state index in [1.54, 1.807) is 7.05 Å². The van der Waals surface area contributed by atoms with Crippen molar-refractivity contribution in [3.05, 3.63) is 61.7 Å². The number of hydrogen-bond acceptors (Lipinski definition) is 2. The lowest BCUT2D eigenvalue weighted by Crippen LogP contribution is -2.25. The number of hydrogen-bond donors (Lipinski definition) is 0. The summed E-state index contributed by atoms with van der Waals surface area (Å²) < 4.78 is 4.49. The number of carbonyl (C=O) groups is 1. The van der Waals surface area contributed by atoms with Crippen molar-refractivity contribution in [2.45, 2.75) is 0 Å². The Morgan fingerprint density at radius 3 is 2.33 bits per heavy atom. The van der Waals surface area contributed by atoms with E-state index in [0.29, 0.717) is 0 Å². The van der Waals surface area contributed by atoms with Crippen LogP contribution in [0.5, 0.6) is 0 Å². The van der Waals surface area contributed by atoms with Crippen LogP contribution in [0.1, 0.15) is 0 Å². The monoisotopic (exact) mass is 240 g/mol. The molecule has 0 atom stereocenters. The zero-order valence-electron chi connectivity index (χ0n) is 10.2. The standard InChI is InChI=1S/C15H14NO2/c1-16(15(17)18-2)14-11-7-6-10-13(14)12-8-4-3-5-9-12/h3-11H,2H2,1H3. The van der Waals surface area contributed by atoms with Gasteiger partial charge in [-0.05, 0) is 11.6 Å². The molecule has 1 radical (unpaired) electrons. The third-order valence-electron chi connectivity index (χ3n) is 2.75. The summed E-state index contributed by atoms with van der Waals surface area (Å²) in [6.07, 6.45) is -0.488. The van der Waals surface area contributed by atoms with Gasteiger partial charge >= 0.3 is 6.09 Å². The normalized spacial score (nSPS) is 9.89. The van der Waals surface area contributed by atoms with Crippen LogP contribution >= 0.6 is 0 Å². The molecule has 0 saturated heterocycles. The highest BCUT2D eigenvalue weighted by atomic mass is 16.5. The number of nitrogens with zero attached hydrogens (tertiary/aromatic N) is 1. The van der Waals surface area contributed by atoms with Crippen molar-refractivity contribution in [2.24, 2.45) is 0 Å². The van der Waals surface area contributed by atoms with Crippen LogP contribution < -0.4 is 4.90 Å². The molecule has 91 valence electrons. The molecule has 3 heteroatoms. The average Bonchev–Trinajstić information content (AvgIpc) is 2.46. The lowest BCUT2D eigenvalue weighted by Gasteiger charge is -2.19. The van der Waals surface area contributed by atoms with Gasteiger partial charge in [0, 0.05) is 12.6 Å². The molecule has 0 aliphatic heterocycles. The molecule has 1 amide bonds. The third kappa shape index (κ3) is 2.35. The number of ether oxygens (including phenoxy) is 1. The Bertz CT molecular complexity index is 537. The van der Waals surface area contributed by atoms with Crippen molar-refractivity contribution < 1.29 is 9.53 Å². The Morgan fingerprint density at radius 1 is 1.06 bits per heavy atom. The highest BCUT2D eigenvalue weighted by Gasteiger charge is 2.14. The Kier molecular flexibility index (Phi) is 3.63. The zero-order valence-corrected chi connectivity index (χ0v) is 10.2. The summed E-state index contributed by atoms with van der Waals surface area (Å²) >= 11 is 0. The van der Waals surface area contributed by atoms with Gasteiger partial charge in [-0.3, -0.25) is 4.90 Å². The van der Waals surface area contributed by atoms with Gasteiger partial charge in [0.2, 0.25) is 0 Å². The van der Waals surface area contributed by atoms with E-state index in [1.165, 1.54) is 4.90 Å². The summed E-state index contributed by atoms with van der Waals surface area (Å²) in [6.45, 7) is 0. The molecular weight excluding hydrogens is 226 g/mol. The minimum atomic E-state index is -0.488. The molecule has 0 aliphatic rings. The molecule has 0 heterocycles. The molecule has 2 aromatic rings. The van der Waals surface area contributed by atoms with Crippen molar-refractivity contribution in [3.8, 4) is 11.1 Å². The molecule has 2 rings (SSSR count). The van der Waals surface area contributed by atoms with E-state index in [2.05, 4.69) is 11.8 Å². The summed E-state index contributed by atoms with van der Waals surface area (Å²) in [5.74, 6) is 0.